The average molecular weight is 325 g/mol. The molecule has 22 heavy (non-hydrogen) atoms. The summed E-state index contributed by atoms with van der Waals surface area (Å²) in [4.78, 5) is 6.91. The summed E-state index contributed by atoms with van der Waals surface area (Å²) in [7, 11) is -3.38. The summed E-state index contributed by atoms with van der Waals surface area (Å²) in [5, 5.41) is 0. The number of hydrogen-bond acceptors (Lipinski definition) is 4. The van der Waals surface area contributed by atoms with Gasteiger partial charge in [0.15, 0.2) is 0 Å². The van der Waals surface area contributed by atoms with Crippen LogP contribution < -0.4 is 4.90 Å². The van der Waals surface area contributed by atoms with E-state index in [-0.39, 0.29) is 0 Å². The molecule has 0 amide bonds. The van der Waals surface area contributed by atoms with Crippen LogP contribution in [0, 0.1) is 0 Å². The summed E-state index contributed by atoms with van der Waals surface area (Å²) in [5.74, 6) is 0.862. The SMILES string of the molecule is CCCN(CCC)c1ccc(S(=O)(=O)N2CCCCC2)cn1. The summed E-state index contributed by atoms with van der Waals surface area (Å²) in [6.45, 7) is 7.41. The number of aromatic nitrogens is 1. The zero-order chi connectivity index (χ0) is 16.0. The van der Waals surface area contributed by atoms with E-state index in [1.54, 1.807) is 10.4 Å². The molecule has 1 aromatic rings. The van der Waals surface area contributed by atoms with Gasteiger partial charge in [0, 0.05) is 32.4 Å². The van der Waals surface area contributed by atoms with Gasteiger partial charge in [-0.3, -0.25) is 0 Å². The zero-order valence-electron chi connectivity index (χ0n) is 13.7. The normalized spacial score (nSPS) is 16.6. The standard InChI is InChI=1S/C16H27N3O2S/c1-3-10-18(11-4-2)16-9-8-15(14-17-16)22(20,21)19-12-6-5-7-13-19/h8-9,14H,3-7,10-13H2,1-2H3. The fourth-order valence-electron chi connectivity index (χ4n) is 2.85. The van der Waals surface area contributed by atoms with Gasteiger partial charge >= 0.3 is 0 Å². The highest BCUT2D eigenvalue weighted by molar-refractivity contribution is 7.89. The largest absolute Gasteiger partial charge is 0.357 e. The van der Waals surface area contributed by atoms with Gasteiger partial charge in [-0.2, -0.15) is 4.31 Å². The molecule has 6 heteroatoms. The molecule has 1 aliphatic rings. The van der Waals surface area contributed by atoms with Gasteiger partial charge in [-0.05, 0) is 37.8 Å². The van der Waals surface area contributed by atoms with E-state index in [4.69, 9.17) is 0 Å². The summed E-state index contributed by atoms with van der Waals surface area (Å²) in [6.07, 6.45) is 6.63. The molecule has 0 unspecified atom stereocenters. The van der Waals surface area contributed by atoms with E-state index in [9.17, 15) is 8.42 Å². The Kier molecular flexibility index (Phi) is 6.20. The van der Waals surface area contributed by atoms with Crippen molar-refractivity contribution in [3.8, 4) is 0 Å². The third-order valence-corrected chi connectivity index (χ3v) is 5.87. The maximum absolute atomic E-state index is 12.6. The molecule has 1 fully saturated rings. The second-order valence-electron chi connectivity index (χ2n) is 5.80. The van der Waals surface area contributed by atoms with Crippen LogP contribution in [0.5, 0.6) is 0 Å². The van der Waals surface area contributed by atoms with Crippen LogP contribution >= 0.6 is 0 Å². The van der Waals surface area contributed by atoms with Gasteiger partial charge < -0.3 is 4.90 Å². The minimum atomic E-state index is -3.38. The molecular formula is C16H27N3O2S. The Morgan fingerprint density at radius 2 is 1.73 bits per heavy atom. The first-order valence-corrected chi connectivity index (χ1v) is 9.74. The molecule has 0 bridgehead atoms. The average Bonchev–Trinajstić information content (AvgIpc) is 2.55. The molecule has 124 valence electrons. The molecule has 0 spiro atoms. The van der Waals surface area contributed by atoms with Gasteiger partial charge in [0.25, 0.3) is 0 Å². The monoisotopic (exact) mass is 325 g/mol. The second-order valence-corrected chi connectivity index (χ2v) is 7.74. The first-order valence-electron chi connectivity index (χ1n) is 8.30. The summed E-state index contributed by atoms with van der Waals surface area (Å²) < 4.78 is 26.8. The fourth-order valence-corrected chi connectivity index (χ4v) is 4.31. The lowest BCUT2D eigenvalue weighted by Crippen LogP contribution is -2.35. The van der Waals surface area contributed by atoms with Gasteiger partial charge in [-0.15, -0.1) is 0 Å². The molecule has 0 saturated carbocycles. The van der Waals surface area contributed by atoms with Crippen molar-refractivity contribution in [2.45, 2.75) is 50.8 Å². The molecule has 5 nitrogen and oxygen atoms in total. The third kappa shape index (κ3) is 3.98. The predicted molar refractivity (Wildman–Crippen MR) is 89.6 cm³/mol. The van der Waals surface area contributed by atoms with Crippen LogP contribution in [-0.4, -0.2) is 43.9 Å². The smallest absolute Gasteiger partial charge is 0.244 e. The van der Waals surface area contributed by atoms with E-state index in [1.807, 2.05) is 6.07 Å². The van der Waals surface area contributed by atoms with Gasteiger partial charge in [0.05, 0.1) is 0 Å². The quantitative estimate of drug-likeness (QED) is 0.773. The number of nitrogens with zero attached hydrogens (tertiary/aromatic N) is 3. The molecule has 0 radical (unpaired) electrons. The van der Waals surface area contributed by atoms with Gasteiger partial charge in [-0.25, -0.2) is 13.4 Å². The van der Waals surface area contributed by atoms with Crippen molar-refractivity contribution >= 4 is 15.8 Å². The van der Waals surface area contributed by atoms with Crippen molar-refractivity contribution in [2.75, 3.05) is 31.1 Å². The van der Waals surface area contributed by atoms with Gasteiger partial charge in [0.1, 0.15) is 10.7 Å². The van der Waals surface area contributed by atoms with Crippen molar-refractivity contribution < 1.29 is 8.42 Å². The zero-order valence-corrected chi connectivity index (χ0v) is 14.5. The van der Waals surface area contributed by atoms with Crippen molar-refractivity contribution in [2.24, 2.45) is 0 Å². The summed E-state index contributed by atoms with van der Waals surface area (Å²) >= 11 is 0. The number of rotatable bonds is 7. The summed E-state index contributed by atoms with van der Waals surface area (Å²) in [5.41, 5.74) is 0. The van der Waals surface area contributed by atoms with Gasteiger partial charge in [-0.1, -0.05) is 20.3 Å². The summed E-state index contributed by atoms with van der Waals surface area (Å²) in [6, 6.07) is 3.53. The Morgan fingerprint density at radius 3 is 2.23 bits per heavy atom. The lowest BCUT2D eigenvalue weighted by Gasteiger charge is -2.26. The predicted octanol–water partition coefficient (Wildman–Crippen LogP) is 2.88. The molecule has 0 atom stereocenters. The van der Waals surface area contributed by atoms with Crippen LogP contribution in [0.1, 0.15) is 46.0 Å². The lowest BCUT2D eigenvalue weighted by molar-refractivity contribution is 0.346. The topological polar surface area (TPSA) is 53.5 Å². The van der Waals surface area contributed by atoms with Crippen LogP contribution in [0.3, 0.4) is 0 Å². The molecule has 1 aromatic heterocycles. The van der Waals surface area contributed by atoms with Crippen molar-refractivity contribution in [3.05, 3.63) is 18.3 Å². The Labute approximate surface area is 134 Å². The Morgan fingerprint density at radius 1 is 1.09 bits per heavy atom. The van der Waals surface area contributed by atoms with E-state index in [1.165, 1.54) is 6.20 Å². The highest BCUT2D eigenvalue weighted by atomic mass is 32.2. The number of sulfonamides is 1. The lowest BCUT2D eigenvalue weighted by atomic mass is 10.2. The fraction of sp³-hybridized carbons (Fsp3) is 0.688. The molecule has 0 aromatic carbocycles. The van der Waals surface area contributed by atoms with Crippen LogP contribution in [-0.2, 0) is 10.0 Å². The van der Waals surface area contributed by atoms with E-state index in [0.29, 0.717) is 18.0 Å². The van der Waals surface area contributed by atoms with E-state index in [0.717, 1.165) is 51.0 Å². The maximum atomic E-state index is 12.6. The van der Waals surface area contributed by atoms with Crippen LogP contribution in [0.4, 0.5) is 5.82 Å². The van der Waals surface area contributed by atoms with E-state index >= 15 is 0 Å². The minimum Gasteiger partial charge on any atom is -0.357 e. The molecular weight excluding hydrogens is 298 g/mol. The van der Waals surface area contributed by atoms with Crippen LogP contribution in [0.15, 0.2) is 23.2 Å². The van der Waals surface area contributed by atoms with Crippen molar-refractivity contribution in [1.29, 1.82) is 0 Å². The van der Waals surface area contributed by atoms with Crippen molar-refractivity contribution in [1.82, 2.24) is 9.29 Å². The molecule has 0 N–H and O–H groups in total. The molecule has 1 saturated heterocycles. The van der Waals surface area contributed by atoms with E-state index in [2.05, 4.69) is 23.7 Å². The molecule has 0 aliphatic carbocycles. The first kappa shape index (κ1) is 17.2. The highest BCUT2D eigenvalue weighted by Gasteiger charge is 2.26. The van der Waals surface area contributed by atoms with Crippen molar-refractivity contribution in [3.63, 3.8) is 0 Å². The number of piperidine rings is 1. The molecule has 2 heterocycles. The van der Waals surface area contributed by atoms with Gasteiger partial charge in [0.2, 0.25) is 10.0 Å². The Balaban J connectivity index is 2.16. The maximum Gasteiger partial charge on any atom is 0.244 e. The third-order valence-electron chi connectivity index (χ3n) is 3.98. The van der Waals surface area contributed by atoms with E-state index < -0.39 is 10.0 Å². The Hall–Kier alpha value is -1.14. The molecule has 1 aliphatic heterocycles. The minimum absolute atomic E-state index is 0.311. The Bertz CT molecular complexity index is 545. The number of anilines is 1. The number of hydrogen-bond donors (Lipinski definition) is 0. The number of pyridine rings is 1. The molecule has 2 rings (SSSR count). The highest BCUT2D eigenvalue weighted by Crippen LogP contribution is 2.21. The van der Waals surface area contributed by atoms with Crippen LogP contribution in [0.25, 0.3) is 0 Å². The second kappa shape index (κ2) is 7.92. The first-order chi connectivity index (χ1) is 10.6. The van der Waals surface area contributed by atoms with Crippen LogP contribution in [0.2, 0.25) is 0 Å².